The van der Waals surface area contributed by atoms with Crippen molar-refractivity contribution < 1.29 is 14.3 Å². The zero-order chi connectivity index (χ0) is 17.5. The highest BCUT2D eigenvalue weighted by Gasteiger charge is 2.11. The first-order valence-electron chi connectivity index (χ1n) is 7.27. The van der Waals surface area contributed by atoms with E-state index >= 15 is 0 Å². The lowest BCUT2D eigenvalue weighted by atomic mass is 10.1. The number of hydrogen-bond acceptors (Lipinski definition) is 6. The van der Waals surface area contributed by atoms with Gasteiger partial charge in [0.05, 0.1) is 12.8 Å². The van der Waals surface area contributed by atoms with Gasteiger partial charge >= 0.3 is 6.03 Å². The maximum atomic E-state index is 12.0. The second-order valence-corrected chi connectivity index (χ2v) is 6.11. The predicted molar refractivity (Wildman–Crippen MR) is 91.8 cm³/mol. The van der Waals surface area contributed by atoms with Crippen LogP contribution in [0.5, 0.6) is 5.75 Å². The van der Waals surface area contributed by atoms with Crippen molar-refractivity contribution in [2.75, 3.05) is 26.0 Å². The van der Waals surface area contributed by atoms with Crippen molar-refractivity contribution in [1.29, 1.82) is 0 Å². The van der Waals surface area contributed by atoms with Gasteiger partial charge in [-0.1, -0.05) is 0 Å². The highest BCUT2D eigenvalue weighted by molar-refractivity contribution is 7.11. The molecule has 1 aromatic heterocycles. The molecule has 0 fully saturated rings. The van der Waals surface area contributed by atoms with E-state index in [9.17, 15) is 9.59 Å². The number of aryl methyl sites for hydroxylation is 1. The van der Waals surface area contributed by atoms with Gasteiger partial charge < -0.3 is 20.7 Å². The smallest absolute Gasteiger partial charge is 0.319 e. The van der Waals surface area contributed by atoms with E-state index in [0.717, 1.165) is 10.0 Å². The van der Waals surface area contributed by atoms with E-state index in [0.29, 0.717) is 30.0 Å². The van der Waals surface area contributed by atoms with E-state index in [1.54, 1.807) is 25.2 Å². The highest BCUT2D eigenvalue weighted by Crippen LogP contribution is 2.25. The van der Waals surface area contributed by atoms with Crippen LogP contribution in [0.2, 0.25) is 0 Å². The molecule has 0 unspecified atom stereocenters. The molecule has 0 aliphatic heterocycles. The first-order chi connectivity index (χ1) is 11.5. The molecule has 1 heterocycles. The van der Waals surface area contributed by atoms with Crippen LogP contribution in [0.1, 0.15) is 20.4 Å². The second kappa shape index (κ2) is 8.25. The average molecular weight is 349 g/mol. The largest absolute Gasteiger partial charge is 0.495 e. The van der Waals surface area contributed by atoms with E-state index in [2.05, 4.69) is 26.1 Å². The third kappa shape index (κ3) is 4.66. The third-order valence-electron chi connectivity index (χ3n) is 3.13. The Morgan fingerprint density at radius 3 is 2.71 bits per heavy atom. The van der Waals surface area contributed by atoms with Crippen molar-refractivity contribution in [3.63, 3.8) is 0 Å². The topological polar surface area (TPSA) is 105 Å². The van der Waals surface area contributed by atoms with Gasteiger partial charge in [-0.05, 0) is 25.1 Å². The molecule has 3 N–H and O–H groups in total. The average Bonchev–Trinajstić information content (AvgIpc) is 2.99. The van der Waals surface area contributed by atoms with Crippen LogP contribution in [-0.2, 0) is 6.42 Å². The molecule has 2 rings (SSSR count). The molecule has 3 amide bonds. The fourth-order valence-electron chi connectivity index (χ4n) is 1.98. The van der Waals surface area contributed by atoms with Gasteiger partial charge in [0.15, 0.2) is 0 Å². The number of amides is 3. The number of ether oxygens (including phenoxy) is 1. The molecule has 0 bridgehead atoms. The lowest BCUT2D eigenvalue weighted by molar-refractivity contribution is 0.0963. The summed E-state index contributed by atoms with van der Waals surface area (Å²) in [4.78, 5) is 23.7. The van der Waals surface area contributed by atoms with Crippen molar-refractivity contribution in [1.82, 2.24) is 20.8 Å². The third-order valence-corrected chi connectivity index (χ3v) is 4.03. The van der Waals surface area contributed by atoms with Gasteiger partial charge in [0.2, 0.25) is 0 Å². The minimum Gasteiger partial charge on any atom is -0.495 e. The Kier molecular flexibility index (Phi) is 6.07. The number of nitrogens with one attached hydrogen (secondary N) is 3. The molecule has 0 aliphatic carbocycles. The normalized spacial score (nSPS) is 10.1. The summed E-state index contributed by atoms with van der Waals surface area (Å²) in [6.07, 6.45) is 0.605. The van der Waals surface area contributed by atoms with Crippen molar-refractivity contribution >= 4 is 29.0 Å². The quantitative estimate of drug-likeness (QED) is 0.734. The van der Waals surface area contributed by atoms with Crippen molar-refractivity contribution in [3.05, 3.63) is 33.8 Å². The number of carbonyl (C=O) groups is 2. The summed E-state index contributed by atoms with van der Waals surface area (Å²) in [6, 6.07) is 4.43. The van der Waals surface area contributed by atoms with Crippen molar-refractivity contribution in [2.24, 2.45) is 0 Å². The molecule has 0 aliphatic rings. The molecule has 0 saturated heterocycles. The SMILES string of the molecule is CNC(=O)c1ccc(OC)c(NC(=O)NCCc2nnc(C)s2)c1. The highest BCUT2D eigenvalue weighted by atomic mass is 32.1. The second-order valence-electron chi connectivity index (χ2n) is 4.84. The van der Waals surface area contributed by atoms with Crippen LogP contribution < -0.4 is 20.7 Å². The number of carbonyl (C=O) groups excluding carboxylic acids is 2. The Labute approximate surface area is 143 Å². The van der Waals surface area contributed by atoms with Gasteiger partial charge in [-0.25, -0.2) is 4.79 Å². The van der Waals surface area contributed by atoms with Crippen LogP contribution in [0.25, 0.3) is 0 Å². The number of hydrogen-bond donors (Lipinski definition) is 3. The fraction of sp³-hybridized carbons (Fsp3) is 0.333. The summed E-state index contributed by atoms with van der Waals surface area (Å²) in [5.74, 6) is 0.227. The maximum absolute atomic E-state index is 12.0. The molecule has 0 spiro atoms. The van der Waals surface area contributed by atoms with Crippen LogP contribution in [0, 0.1) is 6.92 Å². The number of methoxy groups -OCH3 is 1. The maximum Gasteiger partial charge on any atom is 0.319 e. The van der Waals surface area contributed by atoms with Gasteiger partial charge in [-0.2, -0.15) is 0 Å². The molecular weight excluding hydrogens is 330 g/mol. The molecule has 24 heavy (non-hydrogen) atoms. The molecule has 0 saturated carbocycles. The fourth-order valence-corrected chi connectivity index (χ4v) is 2.69. The summed E-state index contributed by atoms with van der Waals surface area (Å²) in [5.41, 5.74) is 0.848. The van der Waals surface area contributed by atoms with Gasteiger partial charge in [0, 0.05) is 25.6 Å². The van der Waals surface area contributed by atoms with Gasteiger partial charge in [0.25, 0.3) is 5.91 Å². The Bertz CT molecular complexity index is 732. The predicted octanol–water partition coefficient (Wildman–Crippen LogP) is 1.58. The number of aromatic nitrogens is 2. The van der Waals surface area contributed by atoms with E-state index in [4.69, 9.17) is 4.74 Å². The molecule has 9 heteroatoms. The first kappa shape index (κ1) is 17.7. The number of nitrogens with zero attached hydrogens (tertiary/aromatic N) is 2. The molecule has 1 aromatic carbocycles. The van der Waals surface area contributed by atoms with Crippen molar-refractivity contribution in [2.45, 2.75) is 13.3 Å². The van der Waals surface area contributed by atoms with Crippen LogP contribution in [0.3, 0.4) is 0 Å². The zero-order valence-electron chi connectivity index (χ0n) is 13.7. The summed E-state index contributed by atoms with van der Waals surface area (Å²) < 4.78 is 5.20. The number of urea groups is 1. The van der Waals surface area contributed by atoms with Crippen LogP contribution >= 0.6 is 11.3 Å². The Morgan fingerprint density at radius 2 is 2.08 bits per heavy atom. The van der Waals surface area contributed by atoms with Crippen LogP contribution in [0.15, 0.2) is 18.2 Å². The van der Waals surface area contributed by atoms with E-state index in [1.165, 1.54) is 18.4 Å². The van der Waals surface area contributed by atoms with Crippen molar-refractivity contribution in [3.8, 4) is 5.75 Å². The zero-order valence-corrected chi connectivity index (χ0v) is 14.5. The summed E-state index contributed by atoms with van der Waals surface area (Å²) in [6.45, 7) is 2.31. The molecule has 2 aromatic rings. The Hall–Kier alpha value is -2.68. The molecular formula is C15H19N5O3S. The standard InChI is InChI=1S/C15H19N5O3S/c1-9-19-20-13(24-9)6-7-17-15(22)18-11-8-10(14(21)16-2)4-5-12(11)23-3/h4-5,8H,6-7H2,1-3H3,(H,16,21)(H2,17,18,22). The Morgan fingerprint density at radius 1 is 1.29 bits per heavy atom. The Balaban J connectivity index is 1.95. The van der Waals surface area contributed by atoms with Gasteiger partial charge in [-0.15, -0.1) is 21.5 Å². The summed E-state index contributed by atoms with van der Waals surface area (Å²) in [5, 5.41) is 17.6. The summed E-state index contributed by atoms with van der Waals surface area (Å²) in [7, 11) is 3.04. The minimum atomic E-state index is -0.386. The molecule has 0 atom stereocenters. The monoisotopic (exact) mass is 349 g/mol. The summed E-state index contributed by atoms with van der Waals surface area (Å²) >= 11 is 1.50. The first-order valence-corrected chi connectivity index (χ1v) is 8.09. The number of rotatable bonds is 6. The van der Waals surface area contributed by atoms with E-state index in [1.807, 2.05) is 6.92 Å². The molecule has 0 radical (unpaired) electrons. The minimum absolute atomic E-state index is 0.243. The number of anilines is 1. The van der Waals surface area contributed by atoms with E-state index in [-0.39, 0.29) is 11.9 Å². The molecule has 8 nitrogen and oxygen atoms in total. The molecule has 128 valence electrons. The lowest BCUT2D eigenvalue weighted by Gasteiger charge is -2.12. The van der Waals surface area contributed by atoms with Gasteiger partial charge in [-0.3, -0.25) is 4.79 Å². The van der Waals surface area contributed by atoms with E-state index < -0.39 is 0 Å². The lowest BCUT2D eigenvalue weighted by Crippen LogP contribution is -2.30. The van der Waals surface area contributed by atoms with Gasteiger partial charge in [0.1, 0.15) is 15.8 Å². The number of benzene rings is 1. The van der Waals surface area contributed by atoms with Crippen LogP contribution in [-0.4, -0.2) is 42.8 Å². The van der Waals surface area contributed by atoms with Crippen LogP contribution in [0.4, 0.5) is 10.5 Å².